The van der Waals surface area contributed by atoms with Crippen molar-refractivity contribution in [3.05, 3.63) is 48.3 Å². The average molecular weight is 286 g/mol. The molecule has 0 aliphatic rings. The summed E-state index contributed by atoms with van der Waals surface area (Å²) in [6.45, 7) is 5.81. The fourth-order valence-electron chi connectivity index (χ4n) is 2.22. The second kappa shape index (κ2) is 7.57. The van der Waals surface area contributed by atoms with Gasteiger partial charge in [-0.05, 0) is 18.6 Å². The van der Waals surface area contributed by atoms with Gasteiger partial charge in [0.2, 0.25) is 5.91 Å². The van der Waals surface area contributed by atoms with Gasteiger partial charge in [-0.3, -0.25) is 9.78 Å². The van der Waals surface area contributed by atoms with Crippen LogP contribution in [0.1, 0.15) is 37.7 Å². The van der Waals surface area contributed by atoms with E-state index < -0.39 is 0 Å². The summed E-state index contributed by atoms with van der Waals surface area (Å²) < 4.78 is 2.15. The van der Waals surface area contributed by atoms with Crippen molar-refractivity contribution in [2.75, 3.05) is 6.54 Å². The summed E-state index contributed by atoms with van der Waals surface area (Å²) in [6.07, 6.45) is 6.75. The van der Waals surface area contributed by atoms with Gasteiger partial charge in [0.05, 0.1) is 6.42 Å². The van der Waals surface area contributed by atoms with Gasteiger partial charge in [0, 0.05) is 43.3 Å². The molecule has 1 N–H and O–H groups in total. The van der Waals surface area contributed by atoms with E-state index in [0.717, 1.165) is 24.5 Å². The van der Waals surface area contributed by atoms with E-state index in [9.17, 15) is 4.79 Å². The first-order valence-corrected chi connectivity index (χ1v) is 7.34. The van der Waals surface area contributed by atoms with Gasteiger partial charge in [0.25, 0.3) is 0 Å². The van der Waals surface area contributed by atoms with Crippen molar-refractivity contribution in [3.8, 4) is 0 Å². The topological polar surface area (TPSA) is 59.8 Å². The minimum Gasteiger partial charge on any atom is -0.356 e. The van der Waals surface area contributed by atoms with E-state index in [2.05, 4.69) is 33.7 Å². The third-order valence-electron chi connectivity index (χ3n) is 3.23. The molecule has 0 atom stereocenters. The Labute approximate surface area is 125 Å². The number of pyridine rings is 1. The Morgan fingerprint density at radius 2 is 2.14 bits per heavy atom. The van der Waals surface area contributed by atoms with E-state index in [1.54, 1.807) is 6.20 Å². The molecule has 0 radical (unpaired) electrons. The number of carbonyl (C=O) groups excluding carboxylic acids is 1. The lowest BCUT2D eigenvalue weighted by Crippen LogP contribution is -2.27. The Kier molecular flexibility index (Phi) is 5.49. The van der Waals surface area contributed by atoms with Crippen molar-refractivity contribution in [2.45, 2.75) is 39.2 Å². The number of aryl methyl sites for hydroxylation is 1. The maximum absolute atomic E-state index is 11.8. The minimum absolute atomic E-state index is 0.0171. The molecule has 0 bridgehead atoms. The quantitative estimate of drug-likeness (QED) is 0.793. The molecule has 0 fully saturated rings. The summed E-state index contributed by atoms with van der Waals surface area (Å²) in [4.78, 5) is 20.3. The van der Waals surface area contributed by atoms with Gasteiger partial charge in [-0.1, -0.05) is 19.9 Å². The molecule has 1 amide bonds. The predicted octanol–water partition coefficient (Wildman–Crippen LogP) is 2.15. The maximum atomic E-state index is 11.8. The zero-order valence-electron chi connectivity index (χ0n) is 12.6. The zero-order valence-corrected chi connectivity index (χ0v) is 12.6. The van der Waals surface area contributed by atoms with Crippen molar-refractivity contribution >= 4 is 5.91 Å². The maximum Gasteiger partial charge on any atom is 0.226 e. The van der Waals surface area contributed by atoms with Crippen molar-refractivity contribution in [1.82, 2.24) is 19.9 Å². The number of hydrogen-bond donors (Lipinski definition) is 1. The molecule has 112 valence electrons. The fraction of sp³-hybridized carbons (Fsp3) is 0.438. The Morgan fingerprint density at radius 3 is 2.86 bits per heavy atom. The van der Waals surface area contributed by atoms with Crippen LogP contribution >= 0.6 is 0 Å². The smallest absolute Gasteiger partial charge is 0.226 e. The second-order valence-electron chi connectivity index (χ2n) is 5.33. The highest BCUT2D eigenvalue weighted by molar-refractivity contribution is 5.77. The van der Waals surface area contributed by atoms with E-state index >= 15 is 0 Å². The van der Waals surface area contributed by atoms with Gasteiger partial charge >= 0.3 is 0 Å². The van der Waals surface area contributed by atoms with E-state index in [1.807, 2.05) is 30.6 Å². The summed E-state index contributed by atoms with van der Waals surface area (Å²) in [5, 5.41) is 2.93. The Hall–Kier alpha value is -2.17. The molecule has 2 heterocycles. The fourth-order valence-corrected chi connectivity index (χ4v) is 2.22. The molecule has 0 aliphatic heterocycles. The lowest BCUT2D eigenvalue weighted by Gasteiger charge is -2.10. The first-order chi connectivity index (χ1) is 10.2. The van der Waals surface area contributed by atoms with Crippen LogP contribution in [-0.2, 0) is 17.8 Å². The van der Waals surface area contributed by atoms with E-state index in [-0.39, 0.29) is 5.91 Å². The minimum atomic E-state index is 0.0171. The number of hydrogen-bond acceptors (Lipinski definition) is 3. The molecule has 0 spiro atoms. The molecule has 21 heavy (non-hydrogen) atoms. The lowest BCUT2D eigenvalue weighted by molar-refractivity contribution is -0.120. The number of rotatable bonds is 7. The number of amides is 1. The van der Waals surface area contributed by atoms with Crippen molar-refractivity contribution in [1.29, 1.82) is 0 Å². The van der Waals surface area contributed by atoms with Crippen LogP contribution in [-0.4, -0.2) is 27.0 Å². The van der Waals surface area contributed by atoms with Crippen LogP contribution in [0.2, 0.25) is 0 Å². The molecule has 2 aromatic rings. The highest BCUT2D eigenvalue weighted by Crippen LogP contribution is 2.11. The van der Waals surface area contributed by atoms with E-state index in [4.69, 9.17) is 0 Å². The van der Waals surface area contributed by atoms with Crippen LogP contribution in [0.4, 0.5) is 0 Å². The zero-order chi connectivity index (χ0) is 15.1. The molecular weight excluding hydrogens is 264 g/mol. The highest BCUT2D eigenvalue weighted by atomic mass is 16.1. The molecule has 5 nitrogen and oxygen atoms in total. The monoisotopic (exact) mass is 286 g/mol. The number of nitrogens with one attached hydrogen (secondary N) is 1. The van der Waals surface area contributed by atoms with Crippen LogP contribution in [0.15, 0.2) is 36.8 Å². The molecule has 2 rings (SSSR count). The number of aromatic nitrogens is 3. The summed E-state index contributed by atoms with van der Waals surface area (Å²) in [5.41, 5.74) is 0.798. The van der Waals surface area contributed by atoms with Gasteiger partial charge in [-0.2, -0.15) is 0 Å². The summed E-state index contributed by atoms with van der Waals surface area (Å²) >= 11 is 0. The van der Waals surface area contributed by atoms with Crippen LogP contribution in [0.5, 0.6) is 0 Å². The van der Waals surface area contributed by atoms with Crippen molar-refractivity contribution < 1.29 is 4.79 Å². The van der Waals surface area contributed by atoms with Gasteiger partial charge < -0.3 is 9.88 Å². The van der Waals surface area contributed by atoms with Crippen LogP contribution in [0.25, 0.3) is 0 Å². The number of imidazole rings is 1. The molecule has 5 heteroatoms. The first kappa shape index (κ1) is 15.2. The number of carbonyl (C=O) groups is 1. The summed E-state index contributed by atoms with van der Waals surface area (Å²) in [7, 11) is 0. The highest BCUT2D eigenvalue weighted by Gasteiger charge is 2.07. The molecule has 0 saturated carbocycles. The molecule has 2 aromatic heterocycles. The normalized spacial score (nSPS) is 10.8. The molecule has 0 aliphatic carbocycles. The second-order valence-corrected chi connectivity index (χ2v) is 5.33. The van der Waals surface area contributed by atoms with Gasteiger partial charge in [-0.15, -0.1) is 0 Å². The van der Waals surface area contributed by atoms with Gasteiger partial charge in [0.1, 0.15) is 5.82 Å². The van der Waals surface area contributed by atoms with E-state index in [0.29, 0.717) is 18.9 Å². The molecule has 0 unspecified atom stereocenters. The van der Waals surface area contributed by atoms with Crippen LogP contribution in [0.3, 0.4) is 0 Å². The Morgan fingerprint density at radius 1 is 1.29 bits per heavy atom. The lowest BCUT2D eigenvalue weighted by atomic mass is 10.2. The third kappa shape index (κ3) is 4.70. The Bertz CT molecular complexity index is 563. The largest absolute Gasteiger partial charge is 0.356 e. The summed E-state index contributed by atoms with van der Waals surface area (Å²) in [6, 6.07) is 5.60. The Balaban J connectivity index is 1.70. The summed E-state index contributed by atoms with van der Waals surface area (Å²) in [5.74, 6) is 1.52. The molecule has 0 saturated heterocycles. The van der Waals surface area contributed by atoms with Crippen molar-refractivity contribution in [2.24, 2.45) is 0 Å². The van der Waals surface area contributed by atoms with E-state index in [1.165, 1.54) is 0 Å². The van der Waals surface area contributed by atoms with Crippen molar-refractivity contribution in [3.63, 3.8) is 0 Å². The third-order valence-corrected chi connectivity index (χ3v) is 3.23. The van der Waals surface area contributed by atoms with Crippen LogP contribution < -0.4 is 5.32 Å². The van der Waals surface area contributed by atoms with Gasteiger partial charge in [-0.25, -0.2) is 4.98 Å². The van der Waals surface area contributed by atoms with Crippen LogP contribution in [0, 0.1) is 0 Å². The SMILES string of the molecule is CC(C)c1nccn1CCCNC(=O)Cc1ccccn1. The standard InChI is InChI=1S/C16H22N4O/c1-13(2)16-19-9-11-20(16)10-5-8-18-15(21)12-14-6-3-4-7-17-14/h3-4,6-7,9,11,13H,5,8,10,12H2,1-2H3,(H,18,21). The average Bonchev–Trinajstić information content (AvgIpc) is 2.93. The molecular formula is C16H22N4O. The first-order valence-electron chi connectivity index (χ1n) is 7.34. The molecule has 0 aromatic carbocycles. The predicted molar refractivity (Wildman–Crippen MR) is 81.9 cm³/mol. The number of nitrogens with zero attached hydrogens (tertiary/aromatic N) is 3. The van der Waals surface area contributed by atoms with Gasteiger partial charge in [0.15, 0.2) is 0 Å².